The first-order valence-electron chi connectivity index (χ1n) is 6.64. The van der Waals surface area contributed by atoms with Gasteiger partial charge in [-0.3, -0.25) is 0 Å². The molecule has 0 aliphatic carbocycles. The van der Waals surface area contributed by atoms with Gasteiger partial charge in [0.2, 0.25) is 0 Å². The average molecular weight is 299 g/mol. The third-order valence-electron chi connectivity index (χ3n) is 3.16. The molecule has 21 heavy (non-hydrogen) atoms. The first-order chi connectivity index (χ1) is 10.2. The Kier molecular flexibility index (Phi) is 3.83. The lowest BCUT2D eigenvalue weighted by Crippen LogP contribution is -2.16. The average Bonchev–Trinajstić information content (AvgIpc) is 2.90. The summed E-state index contributed by atoms with van der Waals surface area (Å²) >= 11 is 1.61. The Hall–Kier alpha value is -2.02. The summed E-state index contributed by atoms with van der Waals surface area (Å²) in [6, 6.07) is 10.2. The molecule has 0 atom stereocenters. The van der Waals surface area contributed by atoms with Gasteiger partial charge in [-0.25, -0.2) is 15.8 Å². The number of rotatable bonds is 4. The predicted molar refractivity (Wildman–Crippen MR) is 88.1 cm³/mol. The molecule has 0 unspecified atom stereocenters. The fourth-order valence-electron chi connectivity index (χ4n) is 2.27. The monoisotopic (exact) mass is 299 g/mol. The molecule has 0 aliphatic heterocycles. The minimum Gasteiger partial charge on any atom is -0.308 e. The Labute approximate surface area is 127 Å². The van der Waals surface area contributed by atoms with Gasteiger partial charge in [0, 0.05) is 10.9 Å². The van der Waals surface area contributed by atoms with Crippen LogP contribution in [0.5, 0.6) is 0 Å². The van der Waals surface area contributed by atoms with Crippen LogP contribution in [0.15, 0.2) is 35.7 Å². The van der Waals surface area contributed by atoms with Crippen LogP contribution in [-0.2, 0) is 6.54 Å². The molecule has 1 aromatic carbocycles. The zero-order valence-corrected chi connectivity index (χ0v) is 12.8. The van der Waals surface area contributed by atoms with E-state index in [9.17, 15) is 0 Å². The molecule has 0 saturated heterocycles. The number of nitrogen functional groups attached to an aromatic ring is 1. The number of hydrazine groups is 1. The van der Waals surface area contributed by atoms with Crippen LogP contribution < -0.4 is 11.3 Å². The number of fused-ring (bicyclic) bond motifs is 1. The molecule has 3 N–H and O–H groups in total. The predicted octanol–water partition coefficient (Wildman–Crippen LogP) is 2.71. The SMILES string of the molecule is CN(C)Cc1nc(NN)c2c(-c3ccccc3)csc2n1. The second-order valence-electron chi connectivity index (χ2n) is 5.07. The van der Waals surface area contributed by atoms with Crippen molar-refractivity contribution in [3.8, 4) is 11.1 Å². The van der Waals surface area contributed by atoms with E-state index in [0.717, 1.165) is 27.2 Å². The Morgan fingerprint density at radius 3 is 2.62 bits per heavy atom. The van der Waals surface area contributed by atoms with E-state index in [-0.39, 0.29) is 0 Å². The molecule has 0 bridgehead atoms. The Morgan fingerprint density at radius 1 is 1.19 bits per heavy atom. The van der Waals surface area contributed by atoms with E-state index in [1.165, 1.54) is 0 Å². The fourth-order valence-corrected chi connectivity index (χ4v) is 3.24. The van der Waals surface area contributed by atoms with Crippen LogP contribution in [0.2, 0.25) is 0 Å². The van der Waals surface area contributed by atoms with E-state index in [0.29, 0.717) is 12.4 Å². The lowest BCUT2D eigenvalue weighted by atomic mass is 10.1. The molecule has 108 valence electrons. The molecule has 6 heteroatoms. The molecule has 3 aromatic rings. The smallest absolute Gasteiger partial charge is 0.153 e. The molecule has 0 radical (unpaired) electrons. The first-order valence-corrected chi connectivity index (χ1v) is 7.52. The zero-order valence-electron chi connectivity index (χ0n) is 12.0. The third-order valence-corrected chi connectivity index (χ3v) is 4.03. The van der Waals surface area contributed by atoms with Gasteiger partial charge in [0.25, 0.3) is 0 Å². The summed E-state index contributed by atoms with van der Waals surface area (Å²) in [5, 5.41) is 3.09. The minimum atomic E-state index is 0.678. The molecule has 0 amide bonds. The lowest BCUT2D eigenvalue weighted by molar-refractivity contribution is 0.391. The van der Waals surface area contributed by atoms with Crippen molar-refractivity contribution in [3.05, 3.63) is 41.5 Å². The van der Waals surface area contributed by atoms with Gasteiger partial charge in [0.05, 0.1) is 11.9 Å². The molecular weight excluding hydrogens is 282 g/mol. The van der Waals surface area contributed by atoms with Gasteiger partial charge < -0.3 is 10.3 Å². The molecule has 0 spiro atoms. The molecule has 2 aromatic heterocycles. The highest BCUT2D eigenvalue weighted by molar-refractivity contribution is 7.17. The standard InChI is InChI=1S/C15H17N5S/c1-20(2)8-12-17-14(19-16)13-11(9-21-15(13)18-12)10-6-4-3-5-7-10/h3-7,9H,8,16H2,1-2H3,(H,17,18,19). The Morgan fingerprint density at radius 2 is 1.95 bits per heavy atom. The Balaban J connectivity index is 2.17. The normalized spacial score (nSPS) is 11.2. The van der Waals surface area contributed by atoms with E-state index in [2.05, 4.69) is 32.9 Å². The van der Waals surface area contributed by atoms with Crippen LogP contribution in [0.3, 0.4) is 0 Å². The van der Waals surface area contributed by atoms with Crippen molar-refractivity contribution in [2.45, 2.75) is 6.54 Å². The summed E-state index contributed by atoms with van der Waals surface area (Å²) in [6.07, 6.45) is 0. The van der Waals surface area contributed by atoms with Gasteiger partial charge in [0.15, 0.2) is 5.82 Å². The van der Waals surface area contributed by atoms with Gasteiger partial charge in [-0.05, 0) is 19.7 Å². The quantitative estimate of drug-likeness (QED) is 0.573. The number of nitrogens with zero attached hydrogens (tertiary/aromatic N) is 3. The number of anilines is 1. The molecule has 5 nitrogen and oxygen atoms in total. The van der Waals surface area contributed by atoms with Crippen molar-refractivity contribution in [1.29, 1.82) is 0 Å². The summed E-state index contributed by atoms with van der Waals surface area (Å²) in [6.45, 7) is 0.684. The summed E-state index contributed by atoms with van der Waals surface area (Å²) in [4.78, 5) is 12.2. The van der Waals surface area contributed by atoms with Gasteiger partial charge >= 0.3 is 0 Å². The number of benzene rings is 1. The van der Waals surface area contributed by atoms with Crippen LogP contribution >= 0.6 is 11.3 Å². The van der Waals surface area contributed by atoms with Crippen molar-refractivity contribution in [2.75, 3.05) is 19.5 Å². The maximum absolute atomic E-state index is 5.67. The van der Waals surface area contributed by atoms with E-state index in [1.807, 2.05) is 37.2 Å². The highest BCUT2D eigenvalue weighted by atomic mass is 32.1. The van der Waals surface area contributed by atoms with Crippen LogP contribution in [0, 0.1) is 0 Å². The van der Waals surface area contributed by atoms with Crippen molar-refractivity contribution < 1.29 is 0 Å². The Bertz CT molecular complexity index is 751. The van der Waals surface area contributed by atoms with Crippen LogP contribution in [0.1, 0.15) is 5.82 Å². The summed E-state index contributed by atoms with van der Waals surface area (Å²) in [5.74, 6) is 7.12. The molecule has 3 rings (SSSR count). The van der Waals surface area contributed by atoms with E-state index in [1.54, 1.807) is 11.3 Å². The minimum absolute atomic E-state index is 0.678. The molecular formula is C15H17N5S. The third kappa shape index (κ3) is 2.73. The highest BCUT2D eigenvalue weighted by Gasteiger charge is 2.14. The molecule has 0 aliphatic rings. The van der Waals surface area contributed by atoms with Gasteiger partial charge in [0.1, 0.15) is 10.7 Å². The second-order valence-corrected chi connectivity index (χ2v) is 5.92. The summed E-state index contributed by atoms with van der Waals surface area (Å²) in [7, 11) is 3.99. The van der Waals surface area contributed by atoms with Crippen molar-refractivity contribution in [1.82, 2.24) is 14.9 Å². The highest BCUT2D eigenvalue weighted by Crippen LogP contribution is 2.36. The lowest BCUT2D eigenvalue weighted by Gasteiger charge is -2.10. The zero-order chi connectivity index (χ0) is 14.8. The number of nitrogens with two attached hydrogens (primary N) is 1. The van der Waals surface area contributed by atoms with Gasteiger partial charge in [-0.2, -0.15) is 0 Å². The molecule has 0 fully saturated rings. The number of aromatic nitrogens is 2. The van der Waals surface area contributed by atoms with E-state index < -0.39 is 0 Å². The van der Waals surface area contributed by atoms with Crippen LogP contribution in [0.25, 0.3) is 21.3 Å². The van der Waals surface area contributed by atoms with Gasteiger partial charge in [-0.1, -0.05) is 30.3 Å². The number of thiophene rings is 1. The summed E-state index contributed by atoms with van der Waals surface area (Å²) < 4.78 is 0. The maximum Gasteiger partial charge on any atom is 0.153 e. The van der Waals surface area contributed by atoms with Crippen LogP contribution in [0.4, 0.5) is 5.82 Å². The molecule has 0 saturated carbocycles. The number of hydrogen-bond acceptors (Lipinski definition) is 6. The largest absolute Gasteiger partial charge is 0.308 e. The summed E-state index contributed by atoms with van der Waals surface area (Å²) in [5.41, 5.74) is 4.97. The fraction of sp³-hybridized carbons (Fsp3) is 0.200. The number of hydrogen-bond donors (Lipinski definition) is 2. The van der Waals surface area contributed by atoms with Crippen LogP contribution in [-0.4, -0.2) is 29.0 Å². The van der Waals surface area contributed by atoms with Crippen molar-refractivity contribution in [2.24, 2.45) is 5.84 Å². The number of nitrogens with one attached hydrogen (secondary N) is 1. The second kappa shape index (κ2) is 5.77. The molecule has 2 heterocycles. The maximum atomic E-state index is 5.67. The first kappa shape index (κ1) is 13.9. The van der Waals surface area contributed by atoms with Crippen molar-refractivity contribution >= 4 is 27.4 Å². The van der Waals surface area contributed by atoms with Gasteiger partial charge in [-0.15, -0.1) is 11.3 Å². The topological polar surface area (TPSA) is 67.1 Å². The van der Waals surface area contributed by atoms with E-state index in [4.69, 9.17) is 5.84 Å². The van der Waals surface area contributed by atoms with Crippen molar-refractivity contribution in [3.63, 3.8) is 0 Å². The van der Waals surface area contributed by atoms with E-state index >= 15 is 0 Å².